The molecule has 1 fully saturated rings. The third-order valence-electron chi connectivity index (χ3n) is 4.20. The highest BCUT2D eigenvalue weighted by molar-refractivity contribution is 8.18. The maximum absolute atomic E-state index is 13.2. The number of hydrogen-bond donors (Lipinski definition) is 1. The number of carbonyl (C=O) groups excluding carboxylic acids is 3. The van der Waals surface area contributed by atoms with Gasteiger partial charge in [0.25, 0.3) is 11.1 Å². The first-order chi connectivity index (χ1) is 13.3. The summed E-state index contributed by atoms with van der Waals surface area (Å²) in [4.78, 5) is 39.3. The summed E-state index contributed by atoms with van der Waals surface area (Å²) in [5, 5.41) is 4.26. The van der Waals surface area contributed by atoms with Crippen LogP contribution >= 0.6 is 23.1 Å². The fourth-order valence-corrected chi connectivity index (χ4v) is 4.37. The van der Waals surface area contributed by atoms with Crippen molar-refractivity contribution < 1.29 is 18.8 Å². The molecule has 1 aromatic carbocycles. The molecule has 1 saturated heterocycles. The summed E-state index contributed by atoms with van der Waals surface area (Å²) >= 11 is 2.29. The summed E-state index contributed by atoms with van der Waals surface area (Å²) in [6.45, 7) is 3.51. The van der Waals surface area contributed by atoms with E-state index in [2.05, 4.69) is 5.32 Å². The highest BCUT2D eigenvalue weighted by Gasteiger charge is 2.36. The molecule has 8 heteroatoms. The Morgan fingerprint density at radius 2 is 1.93 bits per heavy atom. The molecule has 3 rings (SSSR count). The molecule has 1 aliphatic rings. The Kier molecular flexibility index (Phi) is 6.31. The van der Waals surface area contributed by atoms with Gasteiger partial charge in [-0.1, -0.05) is 32.0 Å². The summed E-state index contributed by atoms with van der Waals surface area (Å²) in [6.07, 6.45) is 1.66. The number of benzene rings is 1. The van der Waals surface area contributed by atoms with Crippen LogP contribution in [0.25, 0.3) is 6.08 Å². The predicted molar refractivity (Wildman–Crippen MR) is 109 cm³/mol. The van der Waals surface area contributed by atoms with Crippen LogP contribution in [0.5, 0.6) is 0 Å². The van der Waals surface area contributed by atoms with Gasteiger partial charge in [-0.3, -0.25) is 19.3 Å². The van der Waals surface area contributed by atoms with E-state index in [1.807, 2.05) is 31.4 Å². The van der Waals surface area contributed by atoms with Crippen molar-refractivity contribution in [3.05, 3.63) is 62.9 Å². The molecule has 1 aromatic heterocycles. The van der Waals surface area contributed by atoms with Gasteiger partial charge in [-0.2, -0.15) is 0 Å². The van der Waals surface area contributed by atoms with Gasteiger partial charge in [0, 0.05) is 4.88 Å². The fraction of sp³-hybridized carbons (Fsp3) is 0.250. The molecule has 1 atom stereocenters. The molecule has 3 amide bonds. The van der Waals surface area contributed by atoms with Crippen LogP contribution < -0.4 is 5.32 Å². The molecule has 1 N–H and O–H groups in total. The second-order valence-electron chi connectivity index (χ2n) is 6.62. The minimum atomic E-state index is -0.471. The van der Waals surface area contributed by atoms with Crippen LogP contribution in [0.2, 0.25) is 0 Å². The standard InChI is InChI=1S/C20H19FN2O3S2/c1-12(2)18(13-5-7-14(21)8-6-13)22-17(24)11-23-19(25)16(28-20(23)26)10-15-4-3-9-27-15/h3-10,12,18H,11H2,1-2H3,(H,22,24)/b16-10-. The third-order valence-corrected chi connectivity index (χ3v) is 5.93. The largest absolute Gasteiger partial charge is 0.347 e. The van der Waals surface area contributed by atoms with Crippen molar-refractivity contribution in [2.24, 2.45) is 5.92 Å². The molecule has 146 valence electrons. The van der Waals surface area contributed by atoms with Gasteiger partial charge < -0.3 is 5.32 Å². The smallest absolute Gasteiger partial charge is 0.294 e. The first-order valence-corrected chi connectivity index (χ1v) is 10.4. The number of carbonyl (C=O) groups is 3. The minimum Gasteiger partial charge on any atom is -0.347 e. The van der Waals surface area contributed by atoms with Gasteiger partial charge in [0.1, 0.15) is 12.4 Å². The van der Waals surface area contributed by atoms with Crippen molar-refractivity contribution in [3.8, 4) is 0 Å². The molecule has 0 radical (unpaired) electrons. The lowest BCUT2D eigenvalue weighted by molar-refractivity contribution is -0.129. The highest BCUT2D eigenvalue weighted by Crippen LogP contribution is 2.33. The number of thioether (sulfide) groups is 1. The van der Waals surface area contributed by atoms with E-state index < -0.39 is 17.1 Å². The van der Waals surface area contributed by atoms with Crippen molar-refractivity contribution in [2.75, 3.05) is 6.54 Å². The molecule has 0 bridgehead atoms. The second-order valence-corrected chi connectivity index (χ2v) is 8.60. The van der Waals surface area contributed by atoms with Crippen molar-refractivity contribution in [2.45, 2.75) is 19.9 Å². The number of hydrogen-bond acceptors (Lipinski definition) is 5. The summed E-state index contributed by atoms with van der Waals surface area (Å²) in [5.41, 5.74) is 0.761. The minimum absolute atomic E-state index is 0.0445. The third kappa shape index (κ3) is 4.69. The van der Waals surface area contributed by atoms with Gasteiger partial charge in [-0.15, -0.1) is 11.3 Å². The molecular formula is C20H19FN2O3S2. The highest BCUT2D eigenvalue weighted by atomic mass is 32.2. The maximum atomic E-state index is 13.2. The van der Waals surface area contributed by atoms with Gasteiger partial charge in [0.15, 0.2) is 0 Å². The number of thiophene rings is 1. The summed E-state index contributed by atoms with van der Waals surface area (Å²) in [5.74, 6) is -1.22. The zero-order chi connectivity index (χ0) is 20.3. The lowest BCUT2D eigenvalue weighted by atomic mass is 9.96. The number of imide groups is 1. The quantitative estimate of drug-likeness (QED) is 0.705. The number of halogens is 1. The monoisotopic (exact) mass is 418 g/mol. The Morgan fingerprint density at radius 1 is 1.21 bits per heavy atom. The van der Waals surface area contributed by atoms with Gasteiger partial charge >= 0.3 is 0 Å². The summed E-state index contributed by atoms with van der Waals surface area (Å²) in [7, 11) is 0. The van der Waals surface area contributed by atoms with E-state index in [-0.39, 0.29) is 24.3 Å². The summed E-state index contributed by atoms with van der Waals surface area (Å²) in [6, 6.07) is 9.26. The predicted octanol–water partition coefficient (Wildman–Crippen LogP) is 4.44. The Balaban J connectivity index is 1.68. The number of nitrogens with one attached hydrogen (secondary N) is 1. The number of amides is 3. The zero-order valence-electron chi connectivity index (χ0n) is 15.3. The van der Waals surface area contributed by atoms with Gasteiger partial charge in [-0.25, -0.2) is 4.39 Å². The van der Waals surface area contributed by atoms with Gasteiger partial charge in [0.2, 0.25) is 5.91 Å². The van der Waals surface area contributed by atoms with Crippen LogP contribution in [0.15, 0.2) is 46.7 Å². The first kappa shape index (κ1) is 20.3. The maximum Gasteiger partial charge on any atom is 0.294 e. The molecule has 1 unspecified atom stereocenters. The lowest BCUT2D eigenvalue weighted by Crippen LogP contribution is -2.41. The molecule has 28 heavy (non-hydrogen) atoms. The van der Waals surface area contributed by atoms with E-state index in [9.17, 15) is 18.8 Å². The normalized spacial score (nSPS) is 16.9. The SMILES string of the molecule is CC(C)C(NC(=O)CN1C(=O)S/C(=C\c2cccs2)C1=O)c1ccc(F)cc1. The van der Waals surface area contributed by atoms with E-state index in [1.165, 1.54) is 23.5 Å². The van der Waals surface area contributed by atoms with E-state index in [1.54, 1.807) is 18.2 Å². The molecule has 1 aliphatic heterocycles. The molecular weight excluding hydrogens is 399 g/mol. The van der Waals surface area contributed by atoms with Crippen LogP contribution in [0.4, 0.5) is 9.18 Å². The van der Waals surface area contributed by atoms with Crippen LogP contribution in [0, 0.1) is 11.7 Å². The Hall–Kier alpha value is -2.45. The van der Waals surface area contributed by atoms with E-state index in [4.69, 9.17) is 0 Å². The van der Waals surface area contributed by atoms with Crippen molar-refractivity contribution in [3.63, 3.8) is 0 Å². The van der Waals surface area contributed by atoms with Crippen LogP contribution in [0.3, 0.4) is 0 Å². The second kappa shape index (κ2) is 8.70. The summed E-state index contributed by atoms with van der Waals surface area (Å²) < 4.78 is 13.2. The zero-order valence-corrected chi connectivity index (χ0v) is 17.0. The molecule has 5 nitrogen and oxygen atoms in total. The fourth-order valence-electron chi connectivity index (χ4n) is 2.81. The number of nitrogens with zero attached hydrogens (tertiary/aromatic N) is 1. The van der Waals surface area contributed by atoms with E-state index >= 15 is 0 Å². The average molecular weight is 419 g/mol. The first-order valence-electron chi connectivity index (χ1n) is 8.69. The molecule has 0 aliphatic carbocycles. The molecule has 2 aromatic rings. The van der Waals surface area contributed by atoms with Gasteiger partial charge in [-0.05, 0) is 52.9 Å². The van der Waals surface area contributed by atoms with Crippen LogP contribution in [-0.2, 0) is 9.59 Å². The van der Waals surface area contributed by atoms with Crippen LogP contribution in [-0.4, -0.2) is 28.5 Å². The molecule has 2 heterocycles. The Morgan fingerprint density at radius 3 is 2.54 bits per heavy atom. The Labute approximate surface area is 170 Å². The van der Waals surface area contributed by atoms with Crippen LogP contribution in [0.1, 0.15) is 30.3 Å². The molecule has 0 spiro atoms. The molecule has 0 saturated carbocycles. The number of rotatable bonds is 6. The van der Waals surface area contributed by atoms with Crippen molar-refractivity contribution in [1.29, 1.82) is 0 Å². The van der Waals surface area contributed by atoms with Crippen molar-refractivity contribution >= 4 is 46.2 Å². The van der Waals surface area contributed by atoms with E-state index in [0.717, 1.165) is 27.1 Å². The van der Waals surface area contributed by atoms with E-state index in [0.29, 0.717) is 4.91 Å². The topological polar surface area (TPSA) is 66.5 Å². The average Bonchev–Trinajstić information content (AvgIpc) is 3.25. The van der Waals surface area contributed by atoms with Crippen molar-refractivity contribution in [1.82, 2.24) is 10.2 Å². The Bertz CT molecular complexity index is 908. The lowest BCUT2D eigenvalue weighted by Gasteiger charge is -2.24. The van der Waals surface area contributed by atoms with Gasteiger partial charge in [0.05, 0.1) is 10.9 Å².